The number of amides is 2. The van der Waals surface area contributed by atoms with Gasteiger partial charge in [0.25, 0.3) is 5.91 Å². The Balaban J connectivity index is 1.39. The summed E-state index contributed by atoms with van der Waals surface area (Å²) >= 11 is 0. The minimum Gasteiger partial charge on any atom is -0.493 e. The van der Waals surface area contributed by atoms with E-state index in [0.29, 0.717) is 30.0 Å². The van der Waals surface area contributed by atoms with Crippen LogP contribution in [-0.2, 0) is 24.2 Å². The first-order valence-corrected chi connectivity index (χ1v) is 13.7. The first-order chi connectivity index (χ1) is 19.5. The lowest BCUT2D eigenvalue weighted by Gasteiger charge is -2.31. The highest BCUT2D eigenvalue weighted by Gasteiger charge is 2.34. The van der Waals surface area contributed by atoms with Crippen molar-refractivity contribution >= 4 is 11.8 Å². The number of nitrogens with zero attached hydrogens (tertiary/aromatic N) is 1. The van der Waals surface area contributed by atoms with Crippen molar-refractivity contribution in [3.63, 3.8) is 0 Å². The maximum Gasteiger partial charge on any atom is 0.258 e. The van der Waals surface area contributed by atoms with Gasteiger partial charge < -0.3 is 29.2 Å². The monoisotopic (exact) mass is 544 g/mol. The second-order valence-corrected chi connectivity index (χ2v) is 10.2. The normalized spacial score (nSPS) is 16.9. The molecule has 8 heteroatoms. The smallest absolute Gasteiger partial charge is 0.258 e. The summed E-state index contributed by atoms with van der Waals surface area (Å²) in [6, 6.07) is 18.9. The predicted octanol–water partition coefficient (Wildman–Crippen LogP) is 4.57. The lowest BCUT2D eigenvalue weighted by atomic mass is 10.0. The van der Waals surface area contributed by atoms with E-state index in [9.17, 15) is 9.59 Å². The van der Waals surface area contributed by atoms with Crippen molar-refractivity contribution in [1.82, 2.24) is 10.2 Å². The molecule has 8 nitrogen and oxygen atoms in total. The van der Waals surface area contributed by atoms with Crippen LogP contribution in [0.4, 0.5) is 0 Å². The molecule has 40 heavy (non-hydrogen) atoms. The zero-order valence-electron chi connectivity index (χ0n) is 23.3. The van der Waals surface area contributed by atoms with Crippen LogP contribution in [0, 0.1) is 0 Å². The van der Waals surface area contributed by atoms with Gasteiger partial charge in [0.1, 0.15) is 17.9 Å². The summed E-state index contributed by atoms with van der Waals surface area (Å²) in [6.45, 7) is 0.859. The number of rotatable bonds is 9. The maximum atomic E-state index is 14.1. The Hall–Kier alpha value is -4.20. The van der Waals surface area contributed by atoms with Gasteiger partial charge in [-0.05, 0) is 60.2 Å². The molecule has 1 fully saturated rings. The van der Waals surface area contributed by atoms with Crippen molar-refractivity contribution in [2.75, 3.05) is 27.9 Å². The van der Waals surface area contributed by atoms with Crippen molar-refractivity contribution in [3.05, 3.63) is 82.9 Å². The zero-order valence-corrected chi connectivity index (χ0v) is 23.3. The Morgan fingerprint density at radius 1 is 0.875 bits per heavy atom. The molecule has 0 spiro atoms. The third-order valence-corrected chi connectivity index (χ3v) is 7.67. The first kappa shape index (κ1) is 27.4. The summed E-state index contributed by atoms with van der Waals surface area (Å²) in [6.07, 6.45) is 4.19. The number of carbonyl (C=O) groups excluding carboxylic acids is 2. The van der Waals surface area contributed by atoms with E-state index in [1.165, 1.54) is 32.5 Å². The number of carbonyl (C=O) groups is 2. The third-order valence-electron chi connectivity index (χ3n) is 7.67. The molecule has 0 unspecified atom stereocenters. The van der Waals surface area contributed by atoms with Crippen molar-refractivity contribution in [1.29, 1.82) is 0 Å². The molecule has 1 heterocycles. The van der Waals surface area contributed by atoms with Gasteiger partial charge in [-0.3, -0.25) is 9.59 Å². The molecule has 210 valence electrons. The summed E-state index contributed by atoms with van der Waals surface area (Å²) in [5.41, 5.74) is 3.88. The Bertz CT molecular complexity index is 1330. The fraction of sp³-hybridized carbons (Fsp3) is 0.375. The number of fused-ring (bicyclic) bond motifs is 1. The number of nitrogens with one attached hydrogen (secondary N) is 1. The Kier molecular flexibility index (Phi) is 8.43. The average molecular weight is 545 g/mol. The van der Waals surface area contributed by atoms with Gasteiger partial charge in [-0.25, -0.2) is 0 Å². The molecule has 1 N–H and O–H groups in total. The van der Waals surface area contributed by atoms with E-state index < -0.39 is 6.04 Å². The van der Waals surface area contributed by atoms with E-state index in [1.54, 1.807) is 17.0 Å². The number of benzene rings is 3. The molecule has 1 aliphatic carbocycles. The summed E-state index contributed by atoms with van der Waals surface area (Å²) < 4.78 is 22.8. The molecule has 0 saturated carbocycles. The van der Waals surface area contributed by atoms with E-state index in [2.05, 4.69) is 29.6 Å². The fourth-order valence-corrected chi connectivity index (χ4v) is 5.63. The van der Waals surface area contributed by atoms with Crippen LogP contribution in [0.15, 0.2) is 60.7 Å². The number of methoxy groups -OCH3 is 3. The van der Waals surface area contributed by atoms with E-state index in [-0.39, 0.29) is 30.2 Å². The van der Waals surface area contributed by atoms with Crippen LogP contribution >= 0.6 is 0 Å². The van der Waals surface area contributed by atoms with Gasteiger partial charge in [0, 0.05) is 25.9 Å². The van der Waals surface area contributed by atoms with Crippen molar-refractivity contribution < 1.29 is 28.5 Å². The predicted molar refractivity (Wildman–Crippen MR) is 151 cm³/mol. The summed E-state index contributed by atoms with van der Waals surface area (Å²) in [5, 5.41) is 2.96. The zero-order chi connectivity index (χ0) is 28.1. The van der Waals surface area contributed by atoms with Crippen LogP contribution in [0.25, 0.3) is 0 Å². The quantitative estimate of drug-likeness (QED) is 0.425. The average Bonchev–Trinajstić information content (AvgIpc) is 3.27. The molecule has 5 rings (SSSR count). The minimum absolute atomic E-state index is 0.105. The van der Waals surface area contributed by atoms with Crippen LogP contribution in [0.2, 0.25) is 0 Å². The van der Waals surface area contributed by atoms with Crippen LogP contribution in [0.5, 0.6) is 23.0 Å². The van der Waals surface area contributed by atoms with Crippen LogP contribution in [0.3, 0.4) is 0 Å². The SMILES string of the molecule is COc1ccc(C(=O)N(Cc2ccc(OC3Cc4ccccc4C3)cc2)[C@H]2CCCCNC2=O)c(OC)c1OC. The Morgan fingerprint density at radius 3 is 2.23 bits per heavy atom. The molecule has 1 atom stereocenters. The number of hydrogen-bond donors (Lipinski definition) is 1. The molecule has 0 radical (unpaired) electrons. The first-order valence-electron chi connectivity index (χ1n) is 13.7. The van der Waals surface area contributed by atoms with E-state index >= 15 is 0 Å². The van der Waals surface area contributed by atoms with E-state index in [0.717, 1.165) is 37.0 Å². The highest BCUT2D eigenvalue weighted by molar-refractivity contribution is 6.00. The van der Waals surface area contributed by atoms with Crippen molar-refractivity contribution in [3.8, 4) is 23.0 Å². The van der Waals surface area contributed by atoms with Gasteiger partial charge in [-0.2, -0.15) is 0 Å². The second-order valence-electron chi connectivity index (χ2n) is 10.2. The molecule has 0 bridgehead atoms. The van der Waals surface area contributed by atoms with Crippen LogP contribution in [0.1, 0.15) is 46.3 Å². The highest BCUT2D eigenvalue weighted by atomic mass is 16.5. The molecular weight excluding hydrogens is 508 g/mol. The number of ether oxygens (including phenoxy) is 4. The van der Waals surface area contributed by atoms with Crippen molar-refractivity contribution in [2.24, 2.45) is 0 Å². The van der Waals surface area contributed by atoms with Gasteiger partial charge in [0.05, 0.1) is 26.9 Å². The molecule has 0 aromatic heterocycles. The fourth-order valence-electron chi connectivity index (χ4n) is 5.63. The van der Waals surface area contributed by atoms with Gasteiger partial charge in [-0.15, -0.1) is 0 Å². The third kappa shape index (κ3) is 5.71. The molecular formula is C32H36N2O6. The standard InChI is InChI=1S/C32H36N2O6/c1-37-28-16-15-26(29(38-2)30(28)39-3)32(36)34(27-10-6-7-17-33-31(27)35)20-21-11-13-24(14-12-21)40-25-18-22-8-4-5-9-23(22)19-25/h4-5,8-9,11-16,25,27H,6-7,10,17-20H2,1-3H3,(H,33,35)/t27-/m0/s1. The summed E-state index contributed by atoms with van der Waals surface area (Å²) in [5.74, 6) is 1.38. The van der Waals surface area contributed by atoms with Gasteiger partial charge in [0.15, 0.2) is 11.5 Å². The number of hydrogen-bond acceptors (Lipinski definition) is 6. The molecule has 1 saturated heterocycles. The Labute approximate surface area is 235 Å². The van der Waals surface area contributed by atoms with Gasteiger partial charge in [-0.1, -0.05) is 36.4 Å². The second kappa shape index (κ2) is 12.3. The van der Waals surface area contributed by atoms with Crippen LogP contribution < -0.4 is 24.3 Å². The molecule has 2 amide bonds. The van der Waals surface area contributed by atoms with E-state index in [1.807, 2.05) is 24.3 Å². The lowest BCUT2D eigenvalue weighted by molar-refractivity contribution is -0.125. The molecule has 2 aliphatic rings. The largest absolute Gasteiger partial charge is 0.493 e. The maximum absolute atomic E-state index is 14.1. The van der Waals surface area contributed by atoms with Gasteiger partial charge in [0.2, 0.25) is 11.7 Å². The minimum atomic E-state index is -0.610. The summed E-state index contributed by atoms with van der Waals surface area (Å²) in [4.78, 5) is 28.8. The Morgan fingerprint density at radius 2 is 1.57 bits per heavy atom. The van der Waals surface area contributed by atoms with Crippen molar-refractivity contribution in [2.45, 2.75) is 50.8 Å². The lowest BCUT2D eigenvalue weighted by Crippen LogP contribution is -2.48. The van der Waals surface area contributed by atoms with Gasteiger partial charge >= 0.3 is 0 Å². The molecule has 3 aromatic rings. The van der Waals surface area contributed by atoms with Crippen LogP contribution in [-0.4, -0.2) is 56.7 Å². The van der Waals surface area contributed by atoms with E-state index in [4.69, 9.17) is 18.9 Å². The highest BCUT2D eigenvalue weighted by Crippen LogP contribution is 2.40. The molecule has 1 aliphatic heterocycles. The molecule has 3 aromatic carbocycles. The topological polar surface area (TPSA) is 86.3 Å². The summed E-state index contributed by atoms with van der Waals surface area (Å²) in [7, 11) is 4.51.